The van der Waals surface area contributed by atoms with E-state index < -0.39 is 17.2 Å². The van der Waals surface area contributed by atoms with E-state index in [1.54, 1.807) is 0 Å². The molecule has 0 bridgehead atoms. The first kappa shape index (κ1) is 17.0. The molecule has 128 valence electrons. The van der Waals surface area contributed by atoms with Gasteiger partial charge in [-0.05, 0) is 28.1 Å². The molecule has 2 heterocycles. The summed E-state index contributed by atoms with van der Waals surface area (Å²) in [4.78, 5) is 9.48. The summed E-state index contributed by atoms with van der Waals surface area (Å²) in [5, 5.41) is 6.99. The third-order valence-electron chi connectivity index (χ3n) is 4.26. The van der Waals surface area contributed by atoms with Crippen molar-refractivity contribution in [1.82, 2.24) is 4.98 Å². The van der Waals surface area contributed by atoms with Gasteiger partial charge in [0.1, 0.15) is 16.5 Å². The fourth-order valence-electron chi connectivity index (χ4n) is 2.79. The number of hydrogen-bond acceptors (Lipinski definition) is 4. The van der Waals surface area contributed by atoms with Gasteiger partial charge in [-0.15, -0.1) is 0 Å². The molecule has 3 atom stereocenters. The van der Waals surface area contributed by atoms with E-state index >= 15 is 0 Å². The summed E-state index contributed by atoms with van der Waals surface area (Å²) in [7, 11) is 0. The first-order valence-electron chi connectivity index (χ1n) is 7.33. The van der Waals surface area contributed by atoms with Crippen LogP contribution >= 0.6 is 15.9 Å². The number of hydrogen-bond donors (Lipinski definition) is 1. The van der Waals surface area contributed by atoms with Crippen LogP contribution < -0.4 is 5.32 Å². The van der Waals surface area contributed by atoms with Gasteiger partial charge >= 0.3 is 6.18 Å². The molecule has 0 amide bonds. The number of nitrogens with zero attached hydrogens (tertiary/aromatic N) is 2. The largest absolute Gasteiger partial charge is 0.416 e. The van der Waals surface area contributed by atoms with Crippen LogP contribution in [0.4, 0.5) is 19.0 Å². The maximum absolute atomic E-state index is 12.9. The second-order valence-electron chi connectivity index (χ2n) is 5.93. The molecule has 4 nitrogen and oxygen atoms in total. The van der Waals surface area contributed by atoms with E-state index in [9.17, 15) is 13.2 Å². The Morgan fingerprint density at radius 2 is 2.17 bits per heavy atom. The molecular weight excluding hydrogens is 387 g/mol. The van der Waals surface area contributed by atoms with Crippen LogP contribution in [0.5, 0.6) is 0 Å². The van der Waals surface area contributed by atoms with Gasteiger partial charge in [-0.2, -0.15) is 13.2 Å². The standard InChI is InChI=1S/C16H15BrF3N3O/c1-15(12-9-13(17)23-24-12)6-3-2-4-11(15)22-14-8-10(5-7-21-14)16(18,19)20/h2-8,11-12H,9H2,1H3,(H,21,22). The summed E-state index contributed by atoms with van der Waals surface area (Å²) >= 11 is 3.31. The highest BCUT2D eigenvalue weighted by molar-refractivity contribution is 9.18. The van der Waals surface area contributed by atoms with Gasteiger partial charge in [0.05, 0.1) is 11.6 Å². The minimum atomic E-state index is -4.40. The van der Waals surface area contributed by atoms with Crippen LogP contribution in [0.15, 0.2) is 47.8 Å². The van der Waals surface area contributed by atoms with Crippen LogP contribution in [0.3, 0.4) is 0 Å². The number of halogens is 4. The Kier molecular flexibility index (Phi) is 4.42. The molecule has 3 rings (SSSR count). The highest BCUT2D eigenvalue weighted by Crippen LogP contribution is 2.40. The van der Waals surface area contributed by atoms with Crippen LogP contribution in [0.2, 0.25) is 0 Å². The van der Waals surface area contributed by atoms with Crippen LogP contribution in [-0.2, 0) is 11.0 Å². The van der Waals surface area contributed by atoms with E-state index in [0.29, 0.717) is 11.0 Å². The first-order valence-corrected chi connectivity index (χ1v) is 8.12. The molecule has 0 aromatic carbocycles. The van der Waals surface area contributed by atoms with Gasteiger partial charge in [-0.1, -0.05) is 36.4 Å². The average Bonchev–Trinajstić information content (AvgIpc) is 2.96. The number of nitrogens with one attached hydrogen (secondary N) is 1. The molecule has 2 aliphatic rings. The van der Waals surface area contributed by atoms with E-state index in [1.807, 2.05) is 31.2 Å². The van der Waals surface area contributed by atoms with Gasteiger partial charge in [-0.3, -0.25) is 0 Å². The summed E-state index contributed by atoms with van der Waals surface area (Å²) in [5.41, 5.74) is -1.22. The van der Waals surface area contributed by atoms with Crippen LogP contribution in [0.1, 0.15) is 18.9 Å². The molecule has 1 aromatic heterocycles. The van der Waals surface area contributed by atoms with Gasteiger partial charge < -0.3 is 10.2 Å². The highest BCUT2D eigenvalue weighted by atomic mass is 79.9. The molecule has 1 N–H and O–H groups in total. The second kappa shape index (κ2) is 6.23. The molecule has 8 heteroatoms. The summed E-state index contributed by atoms with van der Waals surface area (Å²) in [6.45, 7) is 1.98. The SMILES string of the molecule is CC1(C2CC(Br)=NO2)C=CC=CC1Nc1cc(C(F)(F)F)ccn1. The van der Waals surface area contributed by atoms with E-state index in [4.69, 9.17) is 4.84 Å². The molecule has 0 spiro atoms. The lowest BCUT2D eigenvalue weighted by molar-refractivity contribution is -0.137. The second-order valence-corrected chi connectivity index (χ2v) is 6.84. The number of pyridine rings is 1. The molecule has 24 heavy (non-hydrogen) atoms. The average molecular weight is 402 g/mol. The molecule has 0 saturated heterocycles. The highest BCUT2D eigenvalue weighted by Gasteiger charge is 2.44. The van der Waals surface area contributed by atoms with Crippen molar-refractivity contribution in [2.45, 2.75) is 31.7 Å². The normalized spacial score (nSPS) is 29.3. The zero-order valence-electron chi connectivity index (χ0n) is 12.7. The Hall–Kier alpha value is -1.83. The summed E-state index contributed by atoms with van der Waals surface area (Å²) < 4.78 is 39.3. The van der Waals surface area contributed by atoms with Crippen LogP contribution in [0, 0.1) is 5.41 Å². The Bertz CT molecular complexity index is 717. The smallest absolute Gasteiger partial charge is 0.390 e. The quantitative estimate of drug-likeness (QED) is 0.810. The fourth-order valence-corrected chi connectivity index (χ4v) is 3.16. The van der Waals surface area contributed by atoms with Crippen molar-refractivity contribution in [3.05, 3.63) is 48.2 Å². The van der Waals surface area contributed by atoms with E-state index in [0.717, 1.165) is 18.3 Å². The van der Waals surface area contributed by atoms with E-state index in [2.05, 4.69) is 31.4 Å². The van der Waals surface area contributed by atoms with E-state index in [1.165, 1.54) is 0 Å². The number of rotatable bonds is 3. The van der Waals surface area contributed by atoms with Gasteiger partial charge in [0.2, 0.25) is 0 Å². The zero-order valence-corrected chi connectivity index (χ0v) is 14.3. The van der Waals surface area contributed by atoms with Crippen molar-refractivity contribution in [3.63, 3.8) is 0 Å². The molecular formula is C16H15BrF3N3O. The maximum Gasteiger partial charge on any atom is 0.416 e. The minimum Gasteiger partial charge on any atom is -0.390 e. The third kappa shape index (κ3) is 3.33. The summed E-state index contributed by atoms with van der Waals surface area (Å²) in [6, 6.07) is 1.68. The maximum atomic E-state index is 12.9. The van der Waals surface area contributed by atoms with Crippen molar-refractivity contribution < 1.29 is 18.0 Å². The predicted octanol–water partition coefficient (Wildman–Crippen LogP) is 4.51. The topological polar surface area (TPSA) is 46.5 Å². The van der Waals surface area contributed by atoms with Crippen molar-refractivity contribution in [2.24, 2.45) is 10.6 Å². The first-order chi connectivity index (χ1) is 11.3. The molecule has 3 unspecified atom stereocenters. The van der Waals surface area contributed by atoms with E-state index in [-0.39, 0.29) is 18.0 Å². The third-order valence-corrected chi connectivity index (χ3v) is 4.73. The molecule has 0 fully saturated rings. The molecule has 1 aliphatic carbocycles. The predicted molar refractivity (Wildman–Crippen MR) is 88.9 cm³/mol. The van der Waals surface area contributed by atoms with Crippen molar-refractivity contribution in [1.29, 1.82) is 0 Å². The zero-order chi connectivity index (χ0) is 17.4. The molecule has 1 aliphatic heterocycles. The molecule has 1 aromatic rings. The lowest BCUT2D eigenvalue weighted by Crippen LogP contribution is -2.45. The van der Waals surface area contributed by atoms with Gasteiger partial charge in [0, 0.05) is 18.0 Å². The number of alkyl halides is 3. The van der Waals surface area contributed by atoms with Gasteiger partial charge in [-0.25, -0.2) is 4.98 Å². The van der Waals surface area contributed by atoms with Crippen molar-refractivity contribution in [3.8, 4) is 0 Å². The van der Waals surface area contributed by atoms with Crippen LogP contribution in [-0.4, -0.2) is 21.8 Å². The number of oxime groups is 1. The van der Waals surface area contributed by atoms with Gasteiger partial charge in [0.25, 0.3) is 0 Å². The number of allylic oxidation sites excluding steroid dienone is 2. The Morgan fingerprint density at radius 3 is 2.83 bits per heavy atom. The van der Waals surface area contributed by atoms with Crippen LogP contribution in [0.25, 0.3) is 0 Å². The Morgan fingerprint density at radius 1 is 1.38 bits per heavy atom. The van der Waals surface area contributed by atoms with Gasteiger partial charge in [0.15, 0.2) is 0 Å². The summed E-state index contributed by atoms with van der Waals surface area (Å²) in [5.74, 6) is 0.166. The monoisotopic (exact) mass is 401 g/mol. The molecule has 0 saturated carbocycles. The lowest BCUT2D eigenvalue weighted by Gasteiger charge is -2.39. The Labute approximate surface area is 145 Å². The summed E-state index contributed by atoms with van der Waals surface area (Å²) in [6.07, 6.45) is 4.72. The Balaban J connectivity index is 1.83. The number of aromatic nitrogens is 1. The van der Waals surface area contributed by atoms with Crippen molar-refractivity contribution >= 4 is 26.4 Å². The number of anilines is 1. The fraction of sp³-hybridized carbons (Fsp3) is 0.375. The minimum absolute atomic E-state index is 0.166. The lowest BCUT2D eigenvalue weighted by atomic mass is 9.73. The molecule has 0 radical (unpaired) electrons. The van der Waals surface area contributed by atoms with Crippen molar-refractivity contribution in [2.75, 3.05) is 5.32 Å².